The normalized spacial score (nSPS) is 13.1. The zero-order valence-electron chi connectivity index (χ0n) is 16.0. The van der Waals surface area contributed by atoms with Gasteiger partial charge < -0.3 is 20.5 Å². The van der Waals surface area contributed by atoms with E-state index in [1.165, 1.54) is 56.7 Å². The van der Waals surface area contributed by atoms with Gasteiger partial charge in [0, 0.05) is 12.2 Å². The van der Waals surface area contributed by atoms with Crippen LogP contribution in [0.15, 0.2) is 23.4 Å². The number of hydrogen-bond donors (Lipinski definition) is 4. The highest BCUT2D eigenvalue weighted by Crippen LogP contribution is 2.26. The lowest BCUT2D eigenvalue weighted by atomic mass is 9.93. The van der Waals surface area contributed by atoms with E-state index in [9.17, 15) is 15.4 Å². The number of phenolic OH excluding ortho intramolecular Hbond substituents is 2. The zero-order valence-corrected chi connectivity index (χ0v) is 16.0. The summed E-state index contributed by atoms with van der Waals surface area (Å²) in [6.07, 6.45) is 12.3. The average molecular weight is 366 g/mol. The number of phenols is 2. The largest absolute Gasteiger partial charge is 0.508 e. The van der Waals surface area contributed by atoms with Crippen molar-refractivity contribution < 1.29 is 20.5 Å². The summed E-state index contributed by atoms with van der Waals surface area (Å²) in [6.45, 7) is 2.43. The van der Waals surface area contributed by atoms with Crippen molar-refractivity contribution in [2.24, 2.45) is 11.1 Å². The molecular formula is C21H35NO4. The highest BCUT2D eigenvalue weighted by molar-refractivity contribution is 6.02. The molecule has 0 fully saturated rings. The topological polar surface area (TPSA) is 93.3 Å². The summed E-state index contributed by atoms with van der Waals surface area (Å²) in [5.41, 5.74) is 0.800. The molecule has 0 saturated carbocycles. The molecule has 0 aliphatic heterocycles. The minimum atomic E-state index is 0.0155. The number of aliphatic hydroxyl groups is 1. The molecule has 0 spiro atoms. The van der Waals surface area contributed by atoms with Gasteiger partial charge in [-0.3, -0.25) is 0 Å². The van der Waals surface area contributed by atoms with Crippen LogP contribution in [0, 0.1) is 5.92 Å². The lowest BCUT2D eigenvalue weighted by Crippen LogP contribution is -2.08. The van der Waals surface area contributed by atoms with Crippen molar-refractivity contribution >= 4 is 5.71 Å². The van der Waals surface area contributed by atoms with Gasteiger partial charge in [0.2, 0.25) is 0 Å². The molecule has 1 rings (SSSR count). The van der Waals surface area contributed by atoms with Gasteiger partial charge in [-0.2, -0.15) is 0 Å². The van der Waals surface area contributed by atoms with E-state index in [-0.39, 0.29) is 11.5 Å². The standard InChI is InChI=1S/C21H35NO4/c1-17(11-9-7-5-3-2-4-6-8-10-14-23)15-20(22-26)19-16-18(24)12-13-21(19)25/h12-13,16-17,23-26H,2-11,14-15H2,1H3. The fraction of sp³-hybridized carbons (Fsp3) is 0.667. The van der Waals surface area contributed by atoms with Crippen molar-refractivity contribution in [2.75, 3.05) is 6.61 Å². The third-order valence-corrected chi connectivity index (χ3v) is 4.81. The molecule has 4 N–H and O–H groups in total. The van der Waals surface area contributed by atoms with Gasteiger partial charge in [-0.05, 0) is 37.0 Å². The minimum Gasteiger partial charge on any atom is -0.508 e. The van der Waals surface area contributed by atoms with E-state index in [0.29, 0.717) is 30.2 Å². The molecular weight excluding hydrogens is 330 g/mol. The molecule has 0 amide bonds. The predicted molar refractivity (Wildman–Crippen MR) is 105 cm³/mol. The summed E-state index contributed by atoms with van der Waals surface area (Å²) in [6, 6.07) is 4.24. The van der Waals surface area contributed by atoms with Crippen molar-refractivity contribution in [1.29, 1.82) is 0 Å². The number of benzene rings is 1. The van der Waals surface area contributed by atoms with Gasteiger partial charge in [0.1, 0.15) is 11.5 Å². The summed E-state index contributed by atoms with van der Waals surface area (Å²) in [5, 5.41) is 40.8. The summed E-state index contributed by atoms with van der Waals surface area (Å²) >= 11 is 0. The zero-order chi connectivity index (χ0) is 19.2. The average Bonchev–Trinajstić information content (AvgIpc) is 2.63. The minimum absolute atomic E-state index is 0.0155. The molecule has 5 nitrogen and oxygen atoms in total. The maximum atomic E-state index is 9.90. The molecule has 0 aliphatic carbocycles. The van der Waals surface area contributed by atoms with Gasteiger partial charge in [-0.25, -0.2) is 0 Å². The molecule has 1 atom stereocenters. The molecule has 1 aromatic carbocycles. The van der Waals surface area contributed by atoms with E-state index in [1.807, 2.05) is 0 Å². The summed E-state index contributed by atoms with van der Waals surface area (Å²) in [5.74, 6) is 0.408. The van der Waals surface area contributed by atoms with Crippen LogP contribution in [0.5, 0.6) is 11.5 Å². The molecule has 0 aliphatic rings. The first-order valence-electron chi connectivity index (χ1n) is 9.92. The Bertz CT molecular complexity index is 531. The van der Waals surface area contributed by atoms with Crippen LogP contribution in [0.1, 0.15) is 83.1 Å². The number of aliphatic hydroxyl groups excluding tert-OH is 1. The Balaban J connectivity index is 2.19. The lowest BCUT2D eigenvalue weighted by molar-refractivity contribution is 0.282. The Labute approximate surface area is 157 Å². The van der Waals surface area contributed by atoms with Gasteiger partial charge in [0.05, 0.1) is 5.71 Å². The number of unbranched alkanes of at least 4 members (excludes halogenated alkanes) is 8. The van der Waals surface area contributed by atoms with E-state index in [4.69, 9.17) is 5.11 Å². The molecule has 0 aromatic heterocycles. The number of oxime groups is 1. The first-order chi connectivity index (χ1) is 12.6. The molecule has 0 bridgehead atoms. The van der Waals surface area contributed by atoms with Crippen molar-refractivity contribution in [3.8, 4) is 11.5 Å². The Hall–Kier alpha value is -1.75. The second-order valence-electron chi connectivity index (χ2n) is 7.25. The SMILES string of the molecule is CC(CCCCCCCCCCCO)CC(=NO)c1cc(O)ccc1O. The van der Waals surface area contributed by atoms with Crippen LogP contribution in [0.4, 0.5) is 0 Å². The van der Waals surface area contributed by atoms with Crippen molar-refractivity contribution in [3.63, 3.8) is 0 Å². The predicted octanol–water partition coefficient (Wildman–Crippen LogP) is 5.20. The van der Waals surface area contributed by atoms with Crippen LogP contribution >= 0.6 is 0 Å². The molecule has 148 valence electrons. The maximum absolute atomic E-state index is 9.90. The third-order valence-electron chi connectivity index (χ3n) is 4.81. The highest BCUT2D eigenvalue weighted by atomic mass is 16.4. The first kappa shape index (κ1) is 22.3. The summed E-state index contributed by atoms with van der Waals surface area (Å²) in [7, 11) is 0. The fourth-order valence-electron chi connectivity index (χ4n) is 3.23. The molecule has 5 heteroatoms. The number of rotatable bonds is 14. The molecule has 1 unspecified atom stereocenters. The van der Waals surface area contributed by atoms with E-state index in [0.717, 1.165) is 25.7 Å². The Morgan fingerprint density at radius 2 is 1.50 bits per heavy atom. The van der Waals surface area contributed by atoms with Gasteiger partial charge in [0.25, 0.3) is 0 Å². The van der Waals surface area contributed by atoms with Crippen LogP contribution in [0.2, 0.25) is 0 Å². The van der Waals surface area contributed by atoms with Crippen molar-refractivity contribution in [1.82, 2.24) is 0 Å². The van der Waals surface area contributed by atoms with Crippen LogP contribution in [0.25, 0.3) is 0 Å². The Morgan fingerprint density at radius 3 is 2.08 bits per heavy atom. The fourth-order valence-corrected chi connectivity index (χ4v) is 3.23. The third kappa shape index (κ3) is 9.09. The summed E-state index contributed by atoms with van der Waals surface area (Å²) < 4.78 is 0. The number of hydrogen-bond acceptors (Lipinski definition) is 5. The highest BCUT2D eigenvalue weighted by Gasteiger charge is 2.14. The van der Waals surface area contributed by atoms with Crippen LogP contribution in [0.3, 0.4) is 0 Å². The quantitative estimate of drug-likeness (QED) is 0.120. The van der Waals surface area contributed by atoms with Crippen LogP contribution in [-0.4, -0.2) is 32.8 Å². The maximum Gasteiger partial charge on any atom is 0.125 e. The molecule has 1 aromatic rings. The first-order valence-corrected chi connectivity index (χ1v) is 9.92. The van der Waals surface area contributed by atoms with Crippen molar-refractivity contribution in [2.45, 2.75) is 77.6 Å². The molecule has 0 heterocycles. The van der Waals surface area contributed by atoms with Crippen LogP contribution in [-0.2, 0) is 0 Å². The number of aromatic hydroxyl groups is 2. The van der Waals surface area contributed by atoms with Crippen molar-refractivity contribution in [3.05, 3.63) is 23.8 Å². The Morgan fingerprint density at radius 1 is 0.923 bits per heavy atom. The van der Waals surface area contributed by atoms with Gasteiger partial charge in [-0.15, -0.1) is 0 Å². The van der Waals surface area contributed by atoms with Gasteiger partial charge in [0.15, 0.2) is 0 Å². The second-order valence-corrected chi connectivity index (χ2v) is 7.25. The Kier molecular flexibility index (Phi) is 11.5. The van der Waals surface area contributed by atoms with Crippen LogP contribution < -0.4 is 0 Å². The van der Waals surface area contributed by atoms with E-state index in [1.54, 1.807) is 0 Å². The smallest absolute Gasteiger partial charge is 0.125 e. The molecule has 26 heavy (non-hydrogen) atoms. The molecule has 0 saturated heterocycles. The number of nitrogens with zero attached hydrogens (tertiary/aromatic N) is 1. The monoisotopic (exact) mass is 365 g/mol. The van der Waals surface area contributed by atoms with Gasteiger partial charge in [-0.1, -0.05) is 69.9 Å². The van der Waals surface area contributed by atoms with E-state index in [2.05, 4.69) is 12.1 Å². The lowest BCUT2D eigenvalue weighted by Gasteiger charge is -2.13. The van der Waals surface area contributed by atoms with Gasteiger partial charge >= 0.3 is 0 Å². The molecule has 0 radical (unpaired) electrons. The van der Waals surface area contributed by atoms with E-state index < -0.39 is 0 Å². The van der Waals surface area contributed by atoms with E-state index >= 15 is 0 Å². The second kappa shape index (κ2) is 13.5. The summed E-state index contributed by atoms with van der Waals surface area (Å²) in [4.78, 5) is 0.